The summed E-state index contributed by atoms with van der Waals surface area (Å²) in [5.74, 6) is -0.0762. The van der Waals surface area contributed by atoms with Gasteiger partial charge in [-0.2, -0.15) is 5.26 Å². The molecule has 0 N–H and O–H groups in total. The van der Waals surface area contributed by atoms with Crippen molar-refractivity contribution >= 4 is 17.5 Å². The maximum Gasteiger partial charge on any atom is 0.254 e. The maximum absolute atomic E-state index is 12.3. The van der Waals surface area contributed by atoms with Crippen LogP contribution in [0.2, 0.25) is 5.02 Å². The Morgan fingerprint density at radius 3 is 3.06 bits per heavy atom. The van der Waals surface area contributed by atoms with Crippen LogP contribution in [-0.4, -0.2) is 36.6 Å². The molecule has 0 aromatic heterocycles. The lowest BCUT2D eigenvalue weighted by molar-refractivity contribution is 0.00343. The van der Waals surface area contributed by atoms with Crippen molar-refractivity contribution in [1.29, 1.82) is 5.26 Å². The first-order valence-electron chi connectivity index (χ1n) is 5.68. The highest BCUT2D eigenvalue weighted by atomic mass is 35.5. The van der Waals surface area contributed by atoms with Crippen molar-refractivity contribution in [2.75, 3.05) is 19.7 Å². The molecule has 1 heterocycles. The van der Waals surface area contributed by atoms with Crippen molar-refractivity contribution < 1.29 is 9.53 Å². The number of ether oxygens (including phenoxy) is 1. The Morgan fingerprint density at radius 2 is 2.39 bits per heavy atom. The van der Waals surface area contributed by atoms with Crippen molar-refractivity contribution in [2.24, 2.45) is 0 Å². The van der Waals surface area contributed by atoms with Crippen LogP contribution >= 0.6 is 11.6 Å². The quantitative estimate of drug-likeness (QED) is 0.780. The van der Waals surface area contributed by atoms with Gasteiger partial charge in [0.25, 0.3) is 5.91 Å². The molecule has 0 spiro atoms. The molecule has 1 aliphatic heterocycles. The van der Waals surface area contributed by atoms with E-state index in [1.165, 1.54) is 0 Å². The second kappa shape index (κ2) is 5.38. The fourth-order valence-electron chi connectivity index (χ4n) is 1.95. The molecule has 1 amide bonds. The fraction of sp³-hybridized carbons (Fsp3) is 0.385. The van der Waals surface area contributed by atoms with E-state index in [2.05, 4.69) is 0 Å². The summed E-state index contributed by atoms with van der Waals surface area (Å²) >= 11 is 5.87. The molecule has 94 valence electrons. The number of benzene rings is 1. The lowest BCUT2D eigenvalue weighted by atomic mass is 10.1. The minimum atomic E-state index is -0.532. The van der Waals surface area contributed by atoms with Crippen LogP contribution in [0.15, 0.2) is 18.2 Å². The molecule has 1 aromatic rings. The lowest BCUT2D eigenvalue weighted by Gasteiger charge is -2.30. The van der Waals surface area contributed by atoms with Crippen LogP contribution in [0.4, 0.5) is 0 Å². The first-order chi connectivity index (χ1) is 8.61. The summed E-state index contributed by atoms with van der Waals surface area (Å²) in [6.07, 6.45) is -0.532. The number of carbonyl (C=O) groups excluding carboxylic acids is 1. The zero-order valence-electron chi connectivity index (χ0n) is 10.0. The summed E-state index contributed by atoms with van der Waals surface area (Å²) < 4.78 is 5.22. The van der Waals surface area contributed by atoms with Crippen LogP contribution in [0.1, 0.15) is 15.9 Å². The van der Waals surface area contributed by atoms with Gasteiger partial charge in [-0.25, -0.2) is 0 Å². The molecule has 1 atom stereocenters. The van der Waals surface area contributed by atoms with Crippen LogP contribution in [0.25, 0.3) is 0 Å². The second-order valence-electron chi connectivity index (χ2n) is 4.20. The van der Waals surface area contributed by atoms with E-state index in [1.807, 2.05) is 13.0 Å². The third-order valence-electron chi connectivity index (χ3n) is 2.92. The van der Waals surface area contributed by atoms with Gasteiger partial charge in [-0.3, -0.25) is 4.79 Å². The van der Waals surface area contributed by atoms with E-state index in [4.69, 9.17) is 21.6 Å². The average molecular weight is 265 g/mol. The minimum Gasteiger partial charge on any atom is -0.360 e. The molecule has 1 fully saturated rings. The lowest BCUT2D eigenvalue weighted by Crippen LogP contribution is -2.45. The number of hydrogen-bond acceptors (Lipinski definition) is 3. The topological polar surface area (TPSA) is 53.3 Å². The van der Waals surface area contributed by atoms with Crippen LogP contribution < -0.4 is 0 Å². The van der Waals surface area contributed by atoms with Gasteiger partial charge in [-0.1, -0.05) is 11.6 Å². The van der Waals surface area contributed by atoms with Crippen LogP contribution in [0, 0.1) is 18.3 Å². The van der Waals surface area contributed by atoms with Gasteiger partial charge in [0.05, 0.1) is 19.2 Å². The van der Waals surface area contributed by atoms with Crippen molar-refractivity contribution in [3.63, 3.8) is 0 Å². The number of carbonyl (C=O) groups is 1. The first-order valence-corrected chi connectivity index (χ1v) is 6.06. The normalized spacial score (nSPS) is 19.4. The van der Waals surface area contributed by atoms with Crippen molar-refractivity contribution in [3.8, 4) is 6.07 Å². The molecular weight excluding hydrogens is 252 g/mol. The molecule has 0 bridgehead atoms. The van der Waals surface area contributed by atoms with E-state index in [-0.39, 0.29) is 5.91 Å². The molecule has 0 saturated carbocycles. The number of aryl methyl sites for hydroxylation is 1. The van der Waals surface area contributed by atoms with Gasteiger partial charge in [0, 0.05) is 17.1 Å². The number of nitriles is 1. The van der Waals surface area contributed by atoms with Crippen LogP contribution in [0.5, 0.6) is 0 Å². The largest absolute Gasteiger partial charge is 0.360 e. The molecule has 1 aliphatic rings. The summed E-state index contributed by atoms with van der Waals surface area (Å²) in [6, 6.07) is 7.21. The highest BCUT2D eigenvalue weighted by molar-refractivity contribution is 6.30. The molecule has 1 unspecified atom stereocenters. The Balaban J connectivity index is 2.18. The first kappa shape index (κ1) is 12.9. The monoisotopic (exact) mass is 264 g/mol. The third-order valence-corrected chi connectivity index (χ3v) is 3.15. The van der Waals surface area contributed by atoms with E-state index < -0.39 is 6.10 Å². The second-order valence-corrected chi connectivity index (χ2v) is 4.64. The van der Waals surface area contributed by atoms with Gasteiger partial charge < -0.3 is 9.64 Å². The number of hydrogen-bond donors (Lipinski definition) is 0. The molecule has 1 aromatic carbocycles. The number of halogens is 1. The van der Waals surface area contributed by atoms with E-state index >= 15 is 0 Å². The summed E-state index contributed by atoms with van der Waals surface area (Å²) in [6.45, 7) is 3.08. The highest BCUT2D eigenvalue weighted by Gasteiger charge is 2.25. The van der Waals surface area contributed by atoms with Crippen LogP contribution in [-0.2, 0) is 4.74 Å². The smallest absolute Gasteiger partial charge is 0.254 e. The summed E-state index contributed by atoms with van der Waals surface area (Å²) in [7, 11) is 0. The molecule has 5 heteroatoms. The van der Waals surface area contributed by atoms with E-state index in [0.717, 1.165) is 5.56 Å². The predicted octanol–water partition coefficient (Wildman–Crippen LogP) is 2.01. The average Bonchev–Trinajstić information content (AvgIpc) is 2.38. The van der Waals surface area contributed by atoms with Gasteiger partial charge >= 0.3 is 0 Å². The van der Waals surface area contributed by atoms with Gasteiger partial charge in [0.1, 0.15) is 0 Å². The molecule has 18 heavy (non-hydrogen) atoms. The zero-order chi connectivity index (χ0) is 13.1. The number of morpholine rings is 1. The van der Waals surface area contributed by atoms with Crippen LogP contribution in [0.3, 0.4) is 0 Å². The fourth-order valence-corrected chi connectivity index (χ4v) is 2.18. The predicted molar refractivity (Wildman–Crippen MR) is 67.4 cm³/mol. The molecule has 4 nitrogen and oxygen atoms in total. The third kappa shape index (κ3) is 2.63. The summed E-state index contributed by atoms with van der Waals surface area (Å²) in [5.41, 5.74) is 1.46. The molecule has 1 saturated heterocycles. The Hall–Kier alpha value is -1.57. The zero-order valence-corrected chi connectivity index (χ0v) is 10.8. The minimum absolute atomic E-state index is 0.0762. The number of nitrogens with zero attached hydrogens (tertiary/aromatic N) is 2. The Bertz CT molecular complexity index is 510. The number of rotatable bonds is 1. The van der Waals surface area contributed by atoms with Gasteiger partial charge in [-0.15, -0.1) is 0 Å². The van der Waals surface area contributed by atoms with Gasteiger partial charge in [0.15, 0.2) is 6.10 Å². The van der Waals surface area contributed by atoms with Crippen molar-refractivity contribution in [1.82, 2.24) is 4.90 Å². The van der Waals surface area contributed by atoms with Crippen molar-refractivity contribution in [2.45, 2.75) is 13.0 Å². The standard InChI is InChI=1S/C13H13ClN2O2/c1-9-6-10(14)2-3-12(9)13(17)16-4-5-18-11(7-15)8-16/h2-3,6,11H,4-5,8H2,1H3. The highest BCUT2D eigenvalue weighted by Crippen LogP contribution is 2.18. The Kier molecular flexibility index (Phi) is 3.85. The number of amides is 1. The SMILES string of the molecule is Cc1cc(Cl)ccc1C(=O)N1CCOC(C#N)C1. The van der Waals surface area contributed by atoms with E-state index in [1.54, 1.807) is 23.1 Å². The molecule has 0 aliphatic carbocycles. The maximum atomic E-state index is 12.3. The van der Waals surface area contributed by atoms with E-state index in [0.29, 0.717) is 30.3 Å². The Morgan fingerprint density at radius 1 is 1.61 bits per heavy atom. The molecule has 0 radical (unpaired) electrons. The molecular formula is C13H13ClN2O2. The summed E-state index contributed by atoms with van der Waals surface area (Å²) in [5, 5.41) is 9.43. The van der Waals surface area contributed by atoms with E-state index in [9.17, 15) is 4.79 Å². The van der Waals surface area contributed by atoms with Crippen molar-refractivity contribution in [3.05, 3.63) is 34.3 Å². The van der Waals surface area contributed by atoms with Gasteiger partial charge in [-0.05, 0) is 30.7 Å². The Labute approximate surface area is 111 Å². The van der Waals surface area contributed by atoms with Gasteiger partial charge in [0.2, 0.25) is 0 Å². The summed E-state index contributed by atoms with van der Waals surface area (Å²) in [4.78, 5) is 14.0. The molecule has 2 rings (SSSR count).